The van der Waals surface area contributed by atoms with Crippen LogP contribution in [0, 0.1) is 23.6 Å². The second-order valence-electron chi connectivity index (χ2n) is 10.7. The summed E-state index contributed by atoms with van der Waals surface area (Å²) in [6, 6.07) is 0.0202. The van der Waals surface area contributed by atoms with E-state index in [4.69, 9.17) is 5.73 Å². The quantitative estimate of drug-likeness (QED) is 0.243. The van der Waals surface area contributed by atoms with E-state index in [1.807, 2.05) is 13.8 Å². The SMILES string of the molecule is CC(C)CCNc1cc(F)c2c(c1O)C(=O)C1=C(O)[C@]3(O)C(=O)C(C(N)=O)=C(O)[C@@H](N(C)C)[C@@H]3C[C@@H]1C2. The smallest absolute Gasteiger partial charge is 0.255 e. The van der Waals surface area contributed by atoms with Crippen molar-refractivity contribution < 1.29 is 39.2 Å². The lowest BCUT2D eigenvalue weighted by molar-refractivity contribution is -0.148. The third-order valence-corrected chi connectivity index (χ3v) is 7.71. The lowest BCUT2D eigenvalue weighted by Gasteiger charge is -2.50. The number of aromatic hydroxyl groups is 1. The average Bonchev–Trinajstić information content (AvgIpc) is 2.78. The molecule has 4 rings (SSSR count). The first kappa shape index (κ1) is 26.6. The number of ketones is 2. The molecule has 7 N–H and O–H groups in total. The minimum atomic E-state index is -2.73. The second-order valence-corrected chi connectivity index (χ2v) is 10.7. The minimum absolute atomic E-state index is 0.0153. The molecule has 0 radical (unpaired) electrons. The van der Waals surface area contributed by atoms with Gasteiger partial charge < -0.3 is 31.5 Å². The summed E-state index contributed by atoms with van der Waals surface area (Å²) in [5, 5.41) is 47.4. The molecule has 10 nitrogen and oxygen atoms in total. The van der Waals surface area contributed by atoms with Crippen molar-refractivity contribution in [2.45, 2.75) is 44.8 Å². The minimum Gasteiger partial charge on any atom is -0.510 e. The van der Waals surface area contributed by atoms with Gasteiger partial charge in [-0.2, -0.15) is 0 Å². The monoisotopic (exact) mass is 517 g/mol. The van der Waals surface area contributed by atoms with Crippen LogP contribution in [0.2, 0.25) is 0 Å². The zero-order valence-corrected chi connectivity index (χ0v) is 21.1. The molecular weight excluding hydrogens is 485 g/mol. The maximum Gasteiger partial charge on any atom is 0.255 e. The van der Waals surface area contributed by atoms with E-state index < -0.39 is 69.6 Å². The van der Waals surface area contributed by atoms with Crippen LogP contribution < -0.4 is 11.1 Å². The zero-order valence-electron chi connectivity index (χ0n) is 21.1. The van der Waals surface area contributed by atoms with Crippen LogP contribution in [0.1, 0.15) is 42.6 Å². The number of halogens is 1. The normalized spacial score (nSPS) is 27.4. The van der Waals surface area contributed by atoms with Gasteiger partial charge in [-0.15, -0.1) is 0 Å². The van der Waals surface area contributed by atoms with Gasteiger partial charge in [0.2, 0.25) is 5.78 Å². The Morgan fingerprint density at radius 2 is 1.92 bits per heavy atom. The van der Waals surface area contributed by atoms with Crippen LogP contribution in [0.4, 0.5) is 10.1 Å². The van der Waals surface area contributed by atoms with E-state index in [0.29, 0.717) is 12.5 Å². The van der Waals surface area contributed by atoms with Gasteiger partial charge in [0, 0.05) is 29.7 Å². The summed E-state index contributed by atoms with van der Waals surface area (Å²) in [5.41, 5.74) is 1.01. The number of aliphatic hydroxyl groups is 3. The number of carbonyl (C=O) groups is 3. The number of phenolic OH excluding ortho intramolecular Hbond substituents is 1. The molecule has 37 heavy (non-hydrogen) atoms. The number of Topliss-reactive ketones (excluding diaryl/α,β-unsaturated/α-hetero) is 2. The van der Waals surface area contributed by atoms with Crippen LogP contribution in [0.5, 0.6) is 5.75 Å². The summed E-state index contributed by atoms with van der Waals surface area (Å²) in [7, 11) is 3.08. The van der Waals surface area contributed by atoms with Crippen molar-refractivity contribution in [3.05, 3.63) is 45.7 Å². The highest BCUT2D eigenvalue weighted by atomic mass is 19.1. The molecule has 0 aliphatic heterocycles. The number of primary amides is 1. The summed E-state index contributed by atoms with van der Waals surface area (Å²) >= 11 is 0. The van der Waals surface area contributed by atoms with Crippen molar-refractivity contribution in [1.82, 2.24) is 4.90 Å². The summed E-state index contributed by atoms with van der Waals surface area (Å²) in [5.74, 6) is -8.01. The number of nitrogens with zero attached hydrogens (tertiary/aromatic N) is 1. The Balaban J connectivity index is 1.87. The fourth-order valence-electron chi connectivity index (χ4n) is 5.90. The van der Waals surface area contributed by atoms with E-state index in [-0.39, 0.29) is 35.2 Å². The largest absolute Gasteiger partial charge is 0.510 e. The highest BCUT2D eigenvalue weighted by Crippen LogP contribution is 2.53. The third kappa shape index (κ3) is 3.88. The number of hydrogen-bond acceptors (Lipinski definition) is 9. The number of likely N-dealkylation sites (N-methyl/N-ethyl adjacent to an activating group) is 1. The van der Waals surface area contributed by atoms with Crippen LogP contribution >= 0.6 is 0 Å². The molecular formula is C26H32FN3O7. The van der Waals surface area contributed by atoms with Crippen molar-refractivity contribution in [1.29, 1.82) is 0 Å². The van der Waals surface area contributed by atoms with Crippen molar-refractivity contribution >= 4 is 23.2 Å². The number of fused-ring (bicyclic) bond motifs is 3. The summed E-state index contributed by atoms with van der Waals surface area (Å²) in [4.78, 5) is 40.4. The molecule has 11 heteroatoms. The number of rotatable bonds is 6. The van der Waals surface area contributed by atoms with Gasteiger partial charge in [0.05, 0.1) is 17.3 Å². The van der Waals surface area contributed by atoms with E-state index >= 15 is 4.39 Å². The second kappa shape index (κ2) is 9.14. The van der Waals surface area contributed by atoms with E-state index in [0.717, 1.165) is 12.5 Å². The number of anilines is 1. The molecule has 0 spiro atoms. The van der Waals surface area contributed by atoms with Crippen molar-refractivity contribution in [3.8, 4) is 5.75 Å². The lowest BCUT2D eigenvalue weighted by atomic mass is 9.58. The van der Waals surface area contributed by atoms with Gasteiger partial charge in [-0.05, 0) is 45.2 Å². The Bertz CT molecular complexity index is 1270. The lowest BCUT2D eigenvalue weighted by Crippen LogP contribution is -2.63. The van der Waals surface area contributed by atoms with E-state index in [1.54, 1.807) is 14.1 Å². The first-order valence-electron chi connectivity index (χ1n) is 12.2. The topological polar surface area (TPSA) is 173 Å². The number of nitrogens with one attached hydrogen (secondary N) is 1. The average molecular weight is 518 g/mol. The molecule has 4 atom stereocenters. The van der Waals surface area contributed by atoms with E-state index in [2.05, 4.69) is 5.32 Å². The predicted octanol–water partition coefficient (Wildman–Crippen LogP) is 1.72. The first-order chi connectivity index (χ1) is 17.2. The maximum absolute atomic E-state index is 15.2. The molecule has 3 aliphatic rings. The Labute approximate surface area is 213 Å². The van der Waals surface area contributed by atoms with Gasteiger partial charge in [0.1, 0.15) is 28.7 Å². The highest BCUT2D eigenvalue weighted by molar-refractivity contribution is 6.24. The van der Waals surface area contributed by atoms with Crippen LogP contribution in [-0.4, -0.2) is 75.1 Å². The van der Waals surface area contributed by atoms with Crippen molar-refractivity contribution in [3.63, 3.8) is 0 Å². The van der Waals surface area contributed by atoms with Crippen LogP contribution in [0.15, 0.2) is 28.7 Å². The highest BCUT2D eigenvalue weighted by Gasteiger charge is 2.63. The molecule has 1 aromatic carbocycles. The molecule has 0 aromatic heterocycles. The third-order valence-electron chi connectivity index (χ3n) is 7.71. The van der Waals surface area contributed by atoms with Gasteiger partial charge in [-0.25, -0.2) is 4.39 Å². The Morgan fingerprint density at radius 1 is 1.27 bits per heavy atom. The molecule has 0 heterocycles. The molecule has 0 saturated heterocycles. The molecule has 3 aliphatic carbocycles. The Hall–Kier alpha value is -3.44. The predicted molar refractivity (Wildman–Crippen MR) is 132 cm³/mol. The fourth-order valence-corrected chi connectivity index (χ4v) is 5.90. The molecule has 0 saturated carbocycles. The van der Waals surface area contributed by atoms with Crippen LogP contribution in [0.25, 0.3) is 0 Å². The van der Waals surface area contributed by atoms with Gasteiger partial charge in [0.15, 0.2) is 11.4 Å². The molecule has 200 valence electrons. The molecule has 0 fully saturated rings. The Kier molecular flexibility index (Phi) is 6.58. The molecule has 1 amide bonds. The summed E-state index contributed by atoms with van der Waals surface area (Å²) in [6.45, 7) is 4.42. The maximum atomic E-state index is 15.2. The van der Waals surface area contributed by atoms with Crippen LogP contribution in [-0.2, 0) is 16.0 Å². The van der Waals surface area contributed by atoms with Crippen molar-refractivity contribution in [2.75, 3.05) is 26.0 Å². The molecule has 0 unspecified atom stereocenters. The van der Waals surface area contributed by atoms with Gasteiger partial charge in [-0.1, -0.05) is 13.8 Å². The number of aliphatic hydroxyl groups excluding tert-OH is 2. The number of allylic oxidation sites excluding steroid dienone is 1. The molecule has 1 aromatic rings. The van der Waals surface area contributed by atoms with Gasteiger partial charge in [0.25, 0.3) is 5.91 Å². The number of benzene rings is 1. The number of phenols is 1. The number of carbonyl (C=O) groups excluding carboxylic acids is 3. The van der Waals surface area contributed by atoms with Crippen molar-refractivity contribution in [2.24, 2.45) is 23.5 Å². The Morgan fingerprint density at radius 3 is 2.49 bits per heavy atom. The standard InChI is InChI=1S/C26H32FN3O7/c1-10(2)5-6-29-15-9-14(27)12-7-11-8-13-19(30(3)4)22(33)18(25(28)36)24(35)26(13,37)23(34)16(11)21(32)17(12)20(15)31/h9-11,13,19,29,31,33-34,37H,5-8H2,1-4H3,(H2,28,36)/t11-,13-,19-,26-/m0/s1. The summed E-state index contributed by atoms with van der Waals surface area (Å²) in [6.07, 6.45) is 0.535. The number of nitrogens with two attached hydrogens (primary N) is 1. The van der Waals surface area contributed by atoms with Gasteiger partial charge in [-0.3, -0.25) is 19.3 Å². The summed E-state index contributed by atoms with van der Waals surface area (Å²) < 4.78 is 15.2. The van der Waals surface area contributed by atoms with Crippen LogP contribution in [0.3, 0.4) is 0 Å². The van der Waals surface area contributed by atoms with E-state index in [1.165, 1.54) is 4.90 Å². The zero-order chi connectivity index (χ0) is 27.6. The first-order valence-corrected chi connectivity index (χ1v) is 12.2. The molecule has 0 bridgehead atoms. The number of amides is 1. The number of hydrogen-bond donors (Lipinski definition) is 6. The fraction of sp³-hybridized carbons (Fsp3) is 0.500. The van der Waals surface area contributed by atoms with E-state index in [9.17, 15) is 34.8 Å². The van der Waals surface area contributed by atoms with Gasteiger partial charge >= 0.3 is 0 Å².